The maximum Gasteiger partial charge on any atom is 0.336 e. The number of carbonyl (C=O) groups excluding carboxylic acids is 2. The van der Waals surface area contributed by atoms with E-state index < -0.39 is 11.9 Å². The molecular formula is C25H24N2O4S. The van der Waals surface area contributed by atoms with E-state index in [4.69, 9.17) is 0 Å². The fourth-order valence-corrected chi connectivity index (χ4v) is 3.91. The van der Waals surface area contributed by atoms with Crippen LogP contribution in [0.25, 0.3) is 0 Å². The smallest absolute Gasteiger partial charge is 0.336 e. The van der Waals surface area contributed by atoms with Gasteiger partial charge in [-0.15, -0.1) is 11.8 Å². The van der Waals surface area contributed by atoms with Crippen molar-refractivity contribution in [2.24, 2.45) is 0 Å². The summed E-state index contributed by atoms with van der Waals surface area (Å²) in [5.41, 5.74) is 3.46. The molecule has 1 atom stereocenters. The van der Waals surface area contributed by atoms with Gasteiger partial charge in [0.2, 0.25) is 5.91 Å². The molecule has 0 radical (unpaired) electrons. The SMILES string of the molecule is Cc1ccc(C)c(NC(=O)C(C)Sc2ccc(NC(=O)c3ccccc3C(=O)O)cc2)c1. The summed E-state index contributed by atoms with van der Waals surface area (Å²) in [6, 6.07) is 19.0. The number of rotatable bonds is 7. The Balaban J connectivity index is 1.62. The Morgan fingerprint density at radius 2 is 1.53 bits per heavy atom. The van der Waals surface area contributed by atoms with E-state index in [9.17, 15) is 19.5 Å². The van der Waals surface area contributed by atoms with Gasteiger partial charge in [-0.1, -0.05) is 24.3 Å². The van der Waals surface area contributed by atoms with Crippen molar-refractivity contribution in [2.75, 3.05) is 10.6 Å². The third-order valence-electron chi connectivity index (χ3n) is 4.85. The van der Waals surface area contributed by atoms with Crippen LogP contribution < -0.4 is 10.6 Å². The van der Waals surface area contributed by atoms with Gasteiger partial charge in [0, 0.05) is 16.3 Å². The van der Waals surface area contributed by atoms with Gasteiger partial charge in [0.25, 0.3) is 5.91 Å². The molecule has 0 aliphatic rings. The van der Waals surface area contributed by atoms with Crippen molar-refractivity contribution in [1.29, 1.82) is 0 Å². The molecule has 3 rings (SSSR count). The summed E-state index contributed by atoms with van der Waals surface area (Å²) >= 11 is 1.41. The monoisotopic (exact) mass is 448 g/mol. The normalized spacial score (nSPS) is 11.5. The number of nitrogens with one attached hydrogen (secondary N) is 2. The highest BCUT2D eigenvalue weighted by atomic mass is 32.2. The summed E-state index contributed by atoms with van der Waals surface area (Å²) in [7, 11) is 0. The van der Waals surface area contributed by atoms with Crippen LogP contribution >= 0.6 is 11.8 Å². The number of carboxylic acids is 1. The lowest BCUT2D eigenvalue weighted by atomic mass is 10.1. The molecule has 0 fully saturated rings. The molecule has 2 amide bonds. The largest absolute Gasteiger partial charge is 0.478 e. The zero-order valence-electron chi connectivity index (χ0n) is 18.0. The first-order valence-electron chi connectivity index (χ1n) is 10.0. The summed E-state index contributed by atoms with van der Waals surface area (Å²) in [6.45, 7) is 5.77. The van der Waals surface area contributed by atoms with Crippen LogP contribution in [0, 0.1) is 13.8 Å². The van der Waals surface area contributed by atoms with Gasteiger partial charge in [0.1, 0.15) is 0 Å². The quantitative estimate of drug-likeness (QED) is 0.422. The van der Waals surface area contributed by atoms with Crippen molar-refractivity contribution in [2.45, 2.75) is 30.9 Å². The molecule has 1 unspecified atom stereocenters. The molecule has 0 aliphatic heterocycles. The lowest BCUT2D eigenvalue weighted by Crippen LogP contribution is -2.22. The van der Waals surface area contributed by atoms with E-state index in [1.165, 1.54) is 23.9 Å². The maximum atomic E-state index is 12.6. The second-order valence-corrected chi connectivity index (χ2v) is 8.81. The number of thioether (sulfide) groups is 1. The second-order valence-electron chi connectivity index (χ2n) is 7.40. The van der Waals surface area contributed by atoms with E-state index in [2.05, 4.69) is 10.6 Å². The van der Waals surface area contributed by atoms with Gasteiger partial charge in [-0.2, -0.15) is 0 Å². The lowest BCUT2D eigenvalue weighted by Gasteiger charge is -2.14. The zero-order valence-corrected chi connectivity index (χ0v) is 18.8. The minimum Gasteiger partial charge on any atom is -0.478 e. The molecule has 0 heterocycles. The first-order chi connectivity index (χ1) is 15.2. The number of hydrogen-bond donors (Lipinski definition) is 3. The Kier molecular flexibility index (Phi) is 7.33. The summed E-state index contributed by atoms with van der Waals surface area (Å²) in [4.78, 5) is 37.3. The van der Waals surface area contributed by atoms with Crippen molar-refractivity contribution < 1.29 is 19.5 Å². The number of amides is 2. The summed E-state index contributed by atoms with van der Waals surface area (Å²) in [5.74, 6) is -1.74. The van der Waals surface area contributed by atoms with E-state index in [1.54, 1.807) is 24.3 Å². The van der Waals surface area contributed by atoms with Gasteiger partial charge in [-0.25, -0.2) is 4.79 Å². The van der Waals surface area contributed by atoms with Crippen LogP contribution in [0.4, 0.5) is 11.4 Å². The first kappa shape index (κ1) is 23.1. The first-order valence-corrected chi connectivity index (χ1v) is 10.9. The van der Waals surface area contributed by atoms with Gasteiger partial charge in [0.15, 0.2) is 0 Å². The fraction of sp³-hybridized carbons (Fsp3) is 0.160. The minimum atomic E-state index is -1.16. The predicted octanol–water partition coefficient (Wildman–Crippen LogP) is 5.37. The highest BCUT2D eigenvalue weighted by Gasteiger charge is 2.17. The van der Waals surface area contributed by atoms with Crippen LogP contribution in [0.5, 0.6) is 0 Å². The number of carbonyl (C=O) groups is 3. The average Bonchev–Trinajstić information content (AvgIpc) is 2.77. The molecule has 0 spiro atoms. The van der Waals surface area contributed by atoms with Crippen LogP contribution in [0.1, 0.15) is 38.8 Å². The fourth-order valence-electron chi connectivity index (χ4n) is 3.05. The molecule has 6 nitrogen and oxygen atoms in total. The lowest BCUT2D eigenvalue weighted by molar-refractivity contribution is -0.115. The van der Waals surface area contributed by atoms with E-state index in [0.29, 0.717) is 5.69 Å². The Morgan fingerprint density at radius 3 is 2.19 bits per heavy atom. The van der Waals surface area contributed by atoms with Crippen molar-refractivity contribution in [3.63, 3.8) is 0 Å². The Bertz CT molecular complexity index is 1160. The highest BCUT2D eigenvalue weighted by molar-refractivity contribution is 8.00. The zero-order chi connectivity index (χ0) is 23.3. The number of benzene rings is 3. The average molecular weight is 449 g/mol. The minimum absolute atomic E-state index is 0.0548. The van der Waals surface area contributed by atoms with E-state index in [-0.39, 0.29) is 22.3 Å². The summed E-state index contributed by atoms with van der Waals surface area (Å²) in [5, 5.41) is 14.6. The Morgan fingerprint density at radius 1 is 0.875 bits per heavy atom. The summed E-state index contributed by atoms with van der Waals surface area (Å²) in [6.07, 6.45) is 0. The van der Waals surface area contributed by atoms with Crippen molar-refractivity contribution in [3.8, 4) is 0 Å². The molecule has 164 valence electrons. The van der Waals surface area contributed by atoms with E-state index in [0.717, 1.165) is 21.7 Å². The van der Waals surface area contributed by atoms with Crippen molar-refractivity contribution in [3.05, 3.63) is 89.0 Å². The standard InChI is InChI=1S/C25H24N2O4S/c1-15-8-9-16(2)22(14-15)27-23(28)17(3)32-19-12-10-18(11-13-19)26-24(29)20-6-4-5-7-21(20)25(30)31/h4-14,17H,1-3H3,(H,26,29)(H,27,28)(H,30,31). The number of carboxylic acid groups (broad SMARTS) is 1. The molecule has 3 N–H and O–H groups in total. The number of aromatic carboxylic acids is 1. The number of hydrogen-bond acceptors (Lipinski definition) is 4. The predicted molar refractivity (Wildman–Crippen MR) is 128 cm³/mol. The van der Waals surface area contributed by atoms with Crippen LogP contribution in [0.15, 0.2) is 71.6 Å². The van der Waals surface area contributed by atoms with E-state index in [1.807, 2.05) is 51.1 Å². The van der Waals surface area contributed by atoms with Gasteiger partial charge >= 0.3 is 5.97 Å². The molecule has 0 saturated carbocycles. The molecule has 32 heavy (non-hydrogen) atoms. The van der Waals surface area contributed by atoms with Gasteiger partial charge in [-0.3, -0.25) is 9.59 Å². The number of anilines is 2. The third-order valence-corrected chi connectivity index (χ3v) is 5.96. The topological polar surface area (TPSA) is 95.5 Å². The second kappa shape index (κ2) is 10.2. The molecule has 0 aliphatic carbocycles. The van der Waals surface area contributed by atoms with Crippen LogP contribution in [0.3, 0.4) is 0 Å². The molecule has 3 aromatic carbocycles. The van der Waals surface area contributed by atoms with Gasteiger partial charge in [-0.05, 0) is 74.4 Å². The Hall–Kier alpha value is -3.58. The van der Waals surface area contributed by atoms with Gasteiger partial charge in [0.05, 0.1) is 16.4 Å². The summed E-state index contributed by atoms with van der Waals surface area (Å²) < 4.78 is 0. The Labute approximate surface area is 191 Å². The highest BCUT2D eigenvalue weighted by Crippen LogP contribution is 2.26. The molecule has 0 bridgehead atoms. The molecule has 7 heteroatoms. The van der Waals surface area contributed by atoms with E-state index >= 15 is 0 Å². The molecule has 0 aromatic heterocycles. The molecule has 0 saturated heterocycles. The van der Waals surface area contributed by atoms with Crippen LogP contribution in [0.2, 0.25) is 0 Å². The van der Waals surface area contributed by atoms with Crippen LogP contribution in [-0.2, 0) is 4.79 Å². The molecular weight excluding hydrogens is 424 g/mol. The number of aryl methyl sites for hydroxylation is 2. The van der Waals surface area contributed by atoms with Gasteiger partial charge < -0.3 is 15.7 Å². The molecule has 3 aromatic rings. The maximum absolute atomic E-state index is 12.6. The van der Waals surface area contributed by atoms with Crippen LogP contribution in [-0.4, -0.2) is 28.1 Å². The third kappa shape index (κ3) is 5.76. The van der Waals surface area contributed by atoms with Crippen molar-refractivity contribution >= 4 is 40.9 Å². The van der Waals surface area contributed by atoms with Crippen molar-refractivity contribution in [1.82, 2.24) is 0 Å².